The van der Waals surface area contributed by atoms with E-state index in [0.717, 1.165) is 17.5 Å². The zero-order valence-electron chi connectivity index (χ0n) is 17.8. The number of rotatable bonds is 8. The molecule has 1 heterocycles. The maximum Gasteiger partial charge on any atom is 0.335 e. The molecule has 1 aliphatic rings. The number of aliphatic hydroxyl groups excluding tert-OH is 1. The van der Waals surface area contributed by atoms with Crippen LogP contribution in [0.1, 0.15) is 48.2 Å². The van der Waals surface area contributed by atoms with E-state index in [-0.39, 0.29) is 17.5 Å². The van der Waals surface area contributed by atoms with E-state index in [1.54, 1.807) is 30.3 Å². The molecule has 2 aromatic rings. The van der Waals surface area contributed by atoms with Crippen molar-refractivity contribution in [2.45, 2.75) is 50.7 Å². The van der Waals surface area contributed by atoms with Crippen LogP contribution in [0, 0.1) is 0 Å². The number of aliphatic hydroxyl groups is 1. The normalized spacial score (nSPS) is 18.0. The third-order valence-corrected chi connectivity index (χ3v) is 6.31. The Balaban J connectivity index is 1.64. The van der Waals surface area contributed by atoms with Gasteiger partial charge in [-0.25, -0.2) is 4.79 Å². The van der Waals surface area contributed by atoms with Crippen LogP contribution in [0.2, 0.25) is 5.02 Å². The molecular formula is C25H28ClNO4. The summed E-state index contributed by atoms with van der Waals surface area (Å²) in [5.74, 6) is -0.852. The highest BCUT2D eigenvalue weighted by atomic mass is 35.5. The Kier molecular flexibility index (Phi) is 7.19. The minimum absolute atomic E-state index is 0.0542. The number of aromatic carboxylic acids is 1. The smallest absolute Gasteiger partial charge is 0.335 e. The molecule has 3 rings (SSSR count). The SMILES string of the molecule is CC(C)(c1ccc(Cl)cc1)[C@H](O)/C=C/[C@H]1CCC(=O)N1CCc1ccc(C(=O)O)cc1. The number of likely N-dealkylation sites (tertiary alicyclic amines) is 1. The lowest BCUT2D eigenvalue weighted by molar-refractivity contribution is -0.128. The van der Waals surface area contributed by atoms with Crippen LogP contribution in [0.5, 0.6) is 0 Å². The monoisotopic (exact) mass is 441 g/mol. The molecule has 6 heteroatoms. The van der Waals surface area contributed by atoms with Crippen molar-refractivity contribution in [3.05, 3.63) is 82.4 Å². The zero-order valence-corrected chi connectivity index (χ0v) is 18.5. The molecule has 0 aromatic heterocycles. The summed E-state index contributed by atoms with van der Waals surface area (Å²) >= 11 is 5.97. The van der Waals surface area contributed by atoms with E-state index >= 15 is 0 Å². The van der Waals surface area contributed by atoms with Gasteiger partial charge in [0.05, 0.1) is 17.7 Å². The van der Waals surface area contributed by atoms with Crippen molar-refractivity contribution in [3.8, 4) is 0 Å². The van der Waals surface area contributed by atoms with E-state index in [0.29, 0.717) is 24.4 Å². The largest absolute Gasteiger partial charge is 0.478 e. The Morgan fingerprint density at radius 2 is 1.84 bits per heavy atom. The molecule has 0 spiro atoms. The van der Waals surface area contributed by atoms with E-state index in [1.807, 2.05) is 49.1 Å². The van der Waals surface area contributed by atoms with Crippen molar-refractivity contribution in [1.29, 1.82) is 0 Å². The van der Waals surface area contributed by atoms with E-state index in [2.05, 4.69) is 0 Å². The van der Waals surface area contributed by atoms with Gasteiger partial charge in [0.25, 0.3) is 0 Å². The van der Waals surface area contributed by atoms with Crippen molar-refractivity contribution in [2.24, 2.45) is 0 Å². The third-order valence-electron chi connectivity index (χ3n) is 6.06. The molecular weight excluding hydrogens is 414 g/mol. The highest BCUT2D eigenvalue weighted by molar-refractivity contribution is 6.30. The summed E-state index contributed by atoms with van der Waals surface area (Å²) in [6, 6.07) is 14.1. The van der Waals surface area contributed by atoms with Crippen molar-refractivity contribution in [1.82, 2.24) is 4.90 Å². The van der Waals surface area contributed by atoms with Crippen molar-refractivity contribution in [2.75, 3.05) is 6.54 Å². The standard InChI is InChI=1S/C25H28ClNO4/c1-25(2,19-7-9-20(26)10-8-19)22(28)13-11-21-12-14-23(29)27(21)16-15-17-3-5-18(6-4-17)24(30)31/h3-11,13,21-22,28H,12,14-16H2,1-2H3,(H,30,31)/b13-11+/t21-,22+/m0/s1. The summed E-state index contributed by atoms with van der Waals surface area (Å²) in [4.78, 5) is 25.2. The average Bonchev–Trinajstić information content (AvgIpc) is 3.10. The Morgan fingerprint density at radius 1 is 1.19 bits per heavy atom. The Labute approximate surface area is 188 Å². The quantitative estimate of drug-likeness (QED) is 0.592. The highest BCUT2D eigenvalue weighted by Gasteiger charge is 2.31. The highest BCUT2D eigenvalue weighted by Crippen LogP contribution is 2.30. The molecule has 1 aliphatic heterocycles. The van der Waals surface area contributed by atoms with Crippen LogP contribution in [-0.4, -0.2) is 45.7 Å². The molecule has 164 valence electrons. The molecule has 0 bridgehead atoms. The predicted molar refractivity (Wildman–Crippen MR) is 121 cm³/mol. The summed E-state index contributed by atoms with van der Waals surface area (Å²) in [7, 11) is 0. The number of amides is 1. The average molecular weight is 442 g/mol. The number of hydrogen-bond donors (Lipinski definition) is 2. The number of carboxylic acid groups (broad SMARTS) is 1. The number of halogens is 1. The van der Waals surface area contributed by atoms with Crippen LogP contribution in [0.4, 0.5) is 0 Å². The summed E-state index contributed by atoms with van der Waals surface area (Å²) in [6.07, 6.45) is 4.86. The molecule has 1 amide bonds. The molecule has 1 fully saturated rings. The maximum absolute atomic E-state index is 12.4. The second kappa shape index (κ2) is 9.67. The third kappa shape index (κ3) is 5.54. The van der Waals surface area contributed by atoms with E-state index in [1.165, 1.54) is 0 Å². The van der Waals surface area contributed by atoms with Gasteiger partial charge in [-0.2, -0.15) is 0 Å². The number of carbonyl (C=O) groups excluding carboxylic acids is 1. The predicted octanol–water partition coefficient (Wildman–Crippen LogP) is 4.47. The number of carboxylic acids is 1. The molecule has 0 radical (unpaired) electrons. The molecule has 5 nitrogen and oxygen atoms in total. The number of hydrogen-bond acceptors (Lipinski definition) is 3. The van der Waals surface area contributed by atoms with Gasteiger partial charge in [-0.15, -0.1) is 0 Å². The van der Waals surface area contributed by atoms with E-state index in [4.69, 9.17) is 16.7 Å². The molecule has 1 saturated heterocycles. The van der Waals surface area contributed by atoms with Crippen LogP contribution in [0.25, 0.3) is 0 Å². The lowest BCUT2D eigenvalue weighted by atomic mass is 9.79. The van der Waals surface area contributed by atoms with Crippen molar-refractivity contribution >= 4 is 23.5 Å². The van der Waals surface area contributed by atoms with E-state index < -0.39 is 17.5 Å². The fraction of sp³-hybridized carbons (Fsp3) is 0.360. The zero-order chi connectivity index (χ0) is 22.6. The summed E-state index contributed by atoms with van der Waals surface area (Å²) in [6.45, 7) is 4.50. The fourth-order valence-corrected chi connectivity index (χ4v) is 3.96. The molecule has 0 unspecified atom stereocenters. The maximum atomic E-state index is 12.4. The van der Waals surface area contributed by atoms with Crippen molar-refractivity contribution < 1.29 is 19.8 Å². The molecule has 2 N–H and O–H groups in total. The summed E-state index contributed by atoms with van der Waals surface area (Å²) < 4.78 is 0. The van der Waals surface area contributed by atoms with Gasteiger partial charge in [-0.3, -0.25) is 4.79 Å². The topological polar surface area (TPSA) is 77.8 Å². The minimum Gasteiger partial charge on any atom is -0.478 e. The van der Waals surface area contributed by atoms with Gasteiger partial charge < -0.3 is 15.1 Å². The molecule has 0 aliphatic carbocycles. The molecule has 0 saturated carbocycles. The number of nitrogens with zero attached hydrogens (tertiary/aromatic N) is 1. The number of carbonyl (C=O) groups is 2. The first-order chi connectivity index (χ1) is 14.7. The Bertz CT molecular complexity index is 950. The summed E-state index contributed by atoms with van der Waals surface area (Å²) in [5, 5.41) is 20.5. The van der Waals surface area contributed by atoms with Gasteiger partial charge in [0.2, 0.25) is 5.91 Å². The second-order valence-corrected chi connectivity index (χ2v) is 8.94. The van der Waals surface area contributed by atoms with Crippen LogP contribution >= 0.6 is 11.6 Å². The summed E-state index contributed by atoms with van der Waals surface area (Å²) in [5.41, 5.74) is 1.72. The fourth-order valence-electron chi connectivity index (χ4n) is 3.83. The van der Waals surface area contributed by atoms with Crippen LogP contribution in [0.3, 0.4) is 0 Å². The van der Waals surface area contributed by atoms with Crippen LogP contribution in [-0.2, 0) is 16.6 Å². The minimum atomic E-state index is -0.952. The lowest BCUT2D eigenvalue weighted by Crippen LogP contribution is -2.35. The van der Waals surface area contributed by atoms with Gasteiger partial charge in [0, 0.05) is 23.4 Å². The molecule has 2 atom stereocenters. The van der Waals surface area contributed by atoms with Crippen LogP contribution in [0.15, 0.2) is 60.7 Å². The van der Waals surface area contributed by atoms with Gasteiger partial charge in [-0.05, 0) is 48.2 Å². The van der Waals surface area contributed by atoms with Gasteiger partial charge >= 0.3 is 5.97 Å². The molecule has 2 aromatic carbocycles. The first kappa shape index (κ1) is 23.0. The first-order valence-corrected chi connectivity index (χ1v) is 10.8. The second-order valence-electron chi connectivity index (χ2n) is 8.50. The van der Waals surface area contributed by atoms with Gasteiger partial charge in [0.15, 0.2) is 0 Å². The Hall–Kier alpha value is -2.63. The van der Waals surface area contributed by atoms with Crippen molar-refractivity contribution in [3.63, 3.8) is 0 Å². The Morgan fingerprint density at radius 3 is 2.45 bits per heavy atom. The van der Waals surface area contributed by atoms with Crippen LogP contribution < -0.4 is 0 Å². The van der Waals surface area contributed by atoms with Gasteiger partial charge in [-0.1, -0.05) is 61.9 Å². The lowest BCUT2D eigenvalue weighted by Gasteiger charge is -2.30. The number of benzene rings is 2. The molecule has 31 heavy (non-hydrogen) atoms. The van der Waals surface area contributed by atoms with Gasteiger partial charge in [0.1, 0.15) is 0 Å². The first-order valence-electron chi connectivity index (χ1n) is 10.4. The van der Waals surface area contributed by atoms with E-state index in [9.17, 15) is 14.7 Å².